The number of nitrogens with zero attached hydrogens (tertiary/aromatic N) is 1. The summed E-state index contributed by atoms with van der Waals surface area (Å²) in [6, 6.07) is 17.6. The van der Waals surface area contributed by atoms with Crippen LogP contribution in [0.1, 0.15) is 0 Å². The van der Waals surface area contributed by atoms with Gasteiger partial charge in [-0.15, -0.1) is 0 Å². The van der Waals surface area contributed by atoms with Gasteiger partial charge >= 0.3 is 0 Å². The largest absolute Gasteiger partial charge is 0.491 e. The summed E-state index contributed by atoms with van der Waals surface area (Å²) in [5.41, 5.74) is 2.17. The smallest absolute Gasteiger partial charge is 0.139 e. The highest BCUT2D eigenvalue weighted by Gasteiger charge is 2.22. The summed E-state index contributed by atoms with van der Waals surface area (Å²) < 4.78 is 18.0. The topological polar surface area (TPSA) is 46.7 Å². The van der Waals surface area contributed by atoms with Gasteiger partial charge in [0.05, 0.1) is 27.2 Å². The van der Waals surface area contributed by atoms with Gasteiger partial charge in [-0.2, -0.15) is 0 Å². The number of morpholine rings is 1. The molecule has 8 heteroatoms. The lowest BCUT2D eigenvalue weighted by Crippen LogP contribution is -2.46. The molecule has 3 aromatic carbocycles. The molecule has 0 bridgehead atoms. The lowest BCUT2D eigenvalue weighted by Gasteiger charge is -2.32. The van der Waals surface area contributed by atoms with Gasteiger partial charge in [-0.1, -0.05) is 59.1 Å². The molecule has 1 N–H and O–H groups in total. The lowest BCUT2D eigenvalue weighted by molar-refractivity contribution is -0.0499. The number of hydrogen-bond acceptors (Lipinski definition) is 4. The second-order valence-corrected chi connectivity index (χ2v) is 9.22. The molecule has 1 fully saturated rings. The number of ether oxygens (including phenoxy) is 3. The van der Waals surface area contributed by atoms with Gasteiger partial charge in [0, 0.05) is 42.0 Å². The molecule has 172 valence electrons. The van der Waals surface area contributed by atoms with Crippen molar-refractivity contribution in [2.45, 2.75) is 6.10 Å². The molecule has 1 unspecified atom stereocenters. The highest BCUT2D eigenvalue weighted by molar-refractivity contribution is 6.43. The van der Waals surface area contributed by atoms with Crippen LogP contribution in [0.15, 0.2) is 54.6 Å². The Bertz CT molecular complexity index is 1280. The van der Waals surface area contributed by atoms with Crippen molar-refractivity contribution in [1.82, 2.24) is 9.88 Å². The standard InChI is InChI=1S/C25H23Cl3N2O3/c26-18-12-20(28)24(13-19(18)27)32-11-9-30-8-10-31-16(14-30)15-33-23-7-3-6-22-25(23)17-4-1-2-5-21(17)29-22/h1-7,12-13,16,29H,8-11,14-15H2. The van der Waals surface area contributed by atoms with Gasteiger partial charge in [0.25, 0.3) is 0 Å². The SMILES string of the molecule is Clc1cc(Cl)c(OCCN2CCOC(COc3cccc4[nH]c5ccccc5c34)C2)cc1Cl. The van der Waals surface area contributed by atoms with Crippen LogP contribution in [0.3, 0.4) is 0 Å². The summed E-state index contributed by atoms with van der Waals surface area (Å²) in [6.07, 6.45) is -0.0206. The highest BCUT2D eigenvalue weighted by atomic mass is 35.5. The lowest BCUT2D eigenvalue weighted by atomic mass is 10.1. The second kappa shape index (κ2) is 10.00. The Morgan fingerprint density at radius 3 is 2.64 bits per heavy atom. The van der Waals surface area contributed by atoms with E-state index in [4.69, 9.17) is 49.0 Å². The molecule has 33 heavy (non-hydrogen) atoms. The van der Waals surface area contributed by atoms with Gasteiger partial charge < -0.3 is 19.2 Å². The van der Waals surface area contributed by atoms with Crippen LogP contribution in [-0.4, -0.2) is 55.4 Å². The van der Waals surface area contributed by atoms with Crippen LogP contribution in [0.4, 0.5) is 0 Å². The van der Waals surface area contributed by atoms with Crippen molar-refractivity contribution in [1.29, 1.82) is 0 Å². The molecule has 0 radical (unpaired) electrons. The zero-order valence-corrected chi connectivity index (χ0v) is 20.1. The molecule has 4 aromatic rings. The fourth-order valence-electron chi connectivity index (χ4n) is 4.16. The fourth-order valence-corrected chi connectivity index (χ4v) is 4.75. The van der Waals surface area contributed by atoms with Crippen LogP contribution >= 0.6 is 34.8 Å². The first-order valence-corrected chi connectivity index (χ1v) is 12.0. The minimum Gasteiger partial charge on any atom is -0.491 e. The van der Waals surface area contributed by atoms with Gasteiger partial charge in [-0.05, 0) is 24.3 Å². The fraction of sp³-hybridized carbons (Fsp3) is 0.280. The number of aromatic nitrogens is 1. The maximum Gasteiger partial charge on any atom is 0.139 e. The molecule has 0 saturated carbocycles. The van der Waals surface area contributed by atoms with Crippen molar-refractivity contribution in [3.8, 4) is 11.5 Å². The summed E-state index contributed by atoms with van der Waals surface area (Å²) in [4.78, 5) is 5.75. The van der Waals surface area contributed by atoms with Crippen LogP contribution in [0, 0.1) is 0 Å². The number of benzene rings is 3. The first-order valence-electron chi connectivity index (χ1n) is 10.8. The van der Waals surface area contributed by atoms with E-state index in [0.717, 1.165) is 47.2 Å². The van der Waals surface area contributed by atoms with E-state index in [9.17, 15) is 0 Å². The summed E-state index contributed by atoms with van der Waals surface area (Å²) in [7, 11) is 0. The predicted octanol–water partition coefficient (Wildman–Crippen LogP) is 6.44. The van der Waals surface area contributed by atoms with E-state index in [1.165, 1.54) is 0 Å². The third kappa shape index (κ3) is 5.03. The minimum absolute atomic E-state index is 0.0206. The van der Waals surface area contributed by atoms with E-state index in [0.29, 0.717) is 40.6 Å². The van der Waals surface area contributed by atoms with E-state index < -0.39 is 0 Å². The molecule has 1 atom stereocenters. The first kappa shape index (κ1) is 22.6. The van der Waals surface area contributed by atoms with Crippen LogP contribution < -0.4 is 9.47 Å². The minimum atomic E-state index is -0.0206. The van der Waals surface area contributed by atoms with Crippen molar-refractivity contribution in [3.63, 3.8) is 0 Å². The second-order valence-electron chi connectivity index (χ2n) is 8.00. The maximum absolute atomic E-state index is 6.24. The quantitative estimate of drug-likeness (QED) is 0.294. The normalized spacial score (nSPS) is 17.0. The Morgan fingerprint density at radius 2 is 1.73 bits per heavy atom. The van der Waals surface area contributed by atoms with Crippen molar-refractivity contribution >= 4 is 56.6 Å². The molecule has 5 nitrogen and oxygen atoms in total. The van der Waals surface area contributed by atoms with E-state index in [2.05, 4.69) is 28.1 Å². The molecule has 0 spiro atoms. The van der Waals surface area contributed by atoms with Crippen LogP contribution in [-0.2, 0) is 4.74 Å². The average Bonchev–Trinajstić information content (AvgIpc) is 3.20. The number of hydrogen-bond donors (Lipinski definition) is 1. The van der Waals surface area contributed by atoms with Gasteiger partial charge in [0.15, 0.2) is 0 Å². The number of halogens is 3. The molecule has 5 rings (SSSR count). The predicted molar refractivity (Wildman–Crippen MR) is 134 cm³/mol. The first-order chi connectivity index (χ1) is 16.1. The molecule has 1 aromatic heterocycles. The Labute approximate surface area is 207 Å². The van der Waals surface area contributed by atoms with Crippen molar-refractivity contribution < 1.29 is 14.2 Å². The van der Waals surface area contributed by atoms with Crippen LogP contribution in [0.25, 0.3) is 21.8 Å². The molecule has 2 heterocycles. The number of fused-ring (bicyclic) bond motifs is 3. The number of para-hydroxylation sites is 1. The van der Waals surface area contributed by atoms with E-state index in [1.54, 1.807) is 12.1 Å². The highest BCUT2D eigenvalue weighted by Crippen LogP contribution is 2.34. The Balaban J connectivity index is 1.18. The molecule has 0 amide bonds. The average molecular weight is 506 g/mol. The zero-order valence-electron chi connectivity index (χ0n) is 17.8. The summed E-state index contributed by atoms with van der Waals surface area (Å²) in [5.74, 6) is 1.40. The number of aromatic amines is 1. The van der Waals surface area contributed by atoms with Gasteiger partial charge in [0.2, 0.25) is 0 Å². The van der Waals surface area contributed by atoms with Crippen LogP contribution in [0.2, 0.25) is 15.1 Å². The number of nitrogens with one attached hydrogen (secondary N) is 1. The Hall–Kier alpha value is -2.15. The molecule has 0 aliphatic carbocycles. The number of rotatable bonds is 7. The van der Waals surface area contributed by atoms with E-state index in [1.807, 2.05) is 24.3 Å². The summed E-state index contributed by atoms with van der Waals surface area (Å²) in [5, 5.41) is 3.54. The van der Waals surface area contributed by atoms with Gasteiger partial charge in [0.1, 0.15) is 30.8 Å². The van der Waals surface area contributed by atoms with Crippen molar-refractivity contribution in [3.05, 3.63) is 69.7 Å². The zero-order chi connectivity index (χ0) is 22.8. The van der Waals surface area contributed by atoms with Gasteiger partial charge in [-0.3, -0.25) is 4.90 Å². The van der Waals surface area contributed by atoms with E-state index in [-0.39, 0.29) is 6.10 Å². The van der Waals surface area contributed by atoms with E-state index >= 15 is 0 Å². The molecule has 1 aliphatic heterocycles. The third-order valence-electron chi connectivity index (χ3n) is 5.78. The maximum atomic E-state index is 6.24. The molecular formula is C25H23Cl3N2O3. The summed E-state index contributed by atoms with van der Waals surface area (Å²) in [6.45, 7) is 3.97. The molecule has 1 aliphatic rings. The Kier molecular flexibility index (Phi) is 6.86. The number of H-pyrrole nitrogens is 1. The van der Waals surface area contributed by atoms with Gasteiger partial charge in [-0.25, -0.2) is 0 Å². The van der Waals surface area contributed by atoms with Crippen molar-refractivity contribution in [2.24, 2.45) is 0 Å². The monoisotopic (exact) mass is 504 g/mol. The van der Waals surface area contributed by atoms with Crippen LogP contribution in [0.5, 0.6) is 11.5 Å². The summed E-state index contributed by atoms with van der Waals surface area (Å²) >= 11 is 18.2. The molecular weight excluding hydrogens is 483 g/mol. The molecule has 1 saturated heterocycles. The third-order valence-corrected chi connectivity index (χ3v) is 6.80. The van der Waals surface area contributed by atoms with Crippen molar-refractivity contribution in [2.75, 3.05) is 39.5 Å². The Morgan fingerprint density at radius 1 is 0.909 bits per heavy atom.